The molecule has 0 heterocycles. The number of urea groups is 2. The van der Waals surface area contributed by atoms with Crippen LogP contribution >= 0.6 is 0 Å². The van der Waals surface area contributed by atoms with Gasteiger partial charge in [-0.2, -0.15) is 0 Å². The molecule has 0 aliphatic rings. The second-order valence-corrected chi connectivity index (χ2v) is 11.3. The zero-order valence-electron chi connectivity index (χ0n) is 19.9. The maximum Gasteiger partial charge on any atom is 0.333 e. The van der Waals surface area contributed by atoms with E-state index in [1.165, 1.54) is 63.2 Å². The molecule has 196 valence electrons. The van der Waals surface area contributed by atoms with Crippen LogP contribution in [0.2, 0.25) is 0 Å². The van der Waals surface area contributed by atoms with E-state index in [2.05, 4.69) is 10.6 Å². The molecule has 0 unspecified atom stereocenters. The first-order chi connectivity index (χ1) is 17.2. The number of phenolic OH excluding ortho intramolecular Hbond substituents is 2. The van der Waals surface area contributed by atoms with Gasteiger partial charge in [-0.3, -0.25) is 0 Å². The number of aromatic hydroxyl groups is 2. The highest BCUT2D eigenvalue weighted by Gasteiger charge is 2.23. The van der Waals surface area contributed by atoms with Crippen LogP contribution in [0.4, 0.5) is 21.0 Å². The van der Waals surface area contributed by atoms with E-state index in [4.69, 9.17) is 0 Å². The van der Waals surface area contributed by atoms with E-state index < -0.39 is 32.1 Å². The van der Waals surface area contributed by atoms with Crippen LogP contribution in [0.1, 0.15) is 16.7 Å². The van der Waals surface area contributed by atoms with E-state index in [0.717, 1.165) is 12.1 Å². The monoisotopic (exact) mass is 548 g/mol. The lowest BCUT2D eigenvalue weighted by atomic mass is 10.1. The first-order valence-electron chi connectivity index (χ1n) is 10.6. The summed E-state index contributed by atoms with van der Waals surface area (Å²) in [7, 11) is -8.63. The van der Waals surface area contributed by atoms with E-state index >= 15 is 0 Å². The zero-order chi connectivity index (χ0) is 27.5. The van der Waals surface area contributed by atoms with E-state index in [9.17, 15) is 36.6 Å². The lowest BCUT2D eigenvalue weighted by Gasteiger charge is -2.15. The minimum absolute atomic E-state index is 0.129. The van der Waals surface area contributed by atoms with E-state index in [1.54, 1.807) is 0 Å². The number of anilines is 2. The normalized spacial score (nSPS) is 11.4. The third kappa shape index (κ3) is 6.48. The second kappa shape index (κ2) is 10.4. The van der Waals surface area contributed by atoms with Crippen molar-refractivity contribution in [2.45, 2.75) is 30.6 Å². The lowest BCUT2D eigenvalue weighted by Crippen LogP contribution is -2.35. The minimum atomic E-state index is -4.31. The molecule has 0 aliphatic heterocycles. The molecule has 4 amide bonds. The topological polar surface area (TPSA) is 191 Å². The summed E-state index contributed by atoms with van der Waals surface area (Å²) in [5.41, 5.74) is 1.17. The molecule has 0 bridgehead atoms. The number of hydrogen-bond donors (Lipinski definition) is 6. The first-order valence-corrected chi connectivity index (χ1v) is 13.5. The first kappa shape index (κ1) is 27.3. The van der Waals surface area contributed by atoms with Crippen molar-refractivity contribution in [3.05, 3.63) is 71.3 Å². The molecular weight excluding hydrogens is 524 g/mol. The average Bonchev–Trinajstić information content (AvgIpc) is 2.78. The standard InChI is InChI=1S/C23H24N4O8S2/c1-13-7-9-16(28)11-20(13)36(32,33)26-22(30)24-18-5-4-6-19(15(18)3)25-23(31)27-37(34,35)21-12-17(29)10-8-14(21)2/h4-12,28-29H,1-3H3,(H2,24,26,30)(H2,25,27,31). The fourth-order valence-electron chi connectivity index (χ4n) is 3.31. The van der Waals surface area contributed by atoms with Crippen LogP contribution in [0.25, 0.3) is 0 Å². The van der Waals surface area contributed by atoms with E-state index in [-0.39, 0.29) is 32.7 Å². The number of phenols is 2. The van der Waals surface area contributed by atoms with Crippen molar-refractivity contribution in [1.29, 1.82) is 0 Å². The number of nitrogens with one attached hydrogen (secondary N) is 4. The van der Waals surface area contributed by atoms with Crippen LogP contribution < -0.4 is 20.1 Å². The fraction of sp³-hybridized carbons (Fsp3) is 0.130. The highest BCUT2D eigenvalue weighted by Crippen LogP contribution is 2.25. The molecule has 3 aromatic rings. The second-order valence-electron chi connectivity index (χ2n) is 8.00. The number of carbonyl (C=O) groups excluding carboxylic acids is 2. The molecule has 0 fully saturated rings. The maximum absolute atomic E-state index is 12.6. The molecule has 14 heteroatoms. The van der Waals surface area contributed by atoms with Crippen molar-refractivity contribution >= 4 is 43.5 Å². The summed E-state index contributed by atoms with van der Waals surface area (Å²) >= 11 is 0. The van der Waals surface area contributed by atoms with E-state index in [0.29, 0.717) is 16.7 Å². The number of rotatable bonds is 6. The summed E-state index contributed by atoms with van der Waals surface area (Å²) in [4.78, 5) is 24.3. The largest absolute Gasteiger partial charge is 0.508 e. The predicted molar refractivity (Wildman–Crippen MR) is 136 cm³/mol. The van der Waals surface area contributed by atoms with Crippen molar-refractivity contribution < 1.29 is 36.6 Å². The molecule has 0 spiro atoms. The Hall–Kier alpha value is -4.30. The molecule has 0 saturated heterocycles. The Morgan fingerprint density at radius 3 is 1.41 bits per heavy atom. The molecule has 12 nitrogen and oxygen atoms in total. The molecule has 0 radical (unpaired) electrons. The molecule has 3 rings (SSSR count). The minimum Gasteiger partial charge on any atom is -0.508 e. The van der Waals surface area contributed by atoms with Crippen molar-refractivity contribution in [2.24, 2.45) is 0 Å². The highest BCUT2D eigenvalue weighted by atomic mass is 32.2. The Balaban J connectivity index is 1.73. The van der Waals surface area contributed by atoms with Gasteiger partial charge in [0.2, 0.25) is 0 Å². The van der Waals surface area contributed by atoms with E-state index in [1.807, 2.05) is 9.44 Å². The van der Waals surface area contributed by atoms with Gasteiger partial charge in [0.05, 0.1) is 9.79 Å². The summed E-state index contributed by atoms with van der Waals surface area (Å²) in [6.07, 6.45) is 0. The fourth-order valence-corrected chi connectivity index (χ4v) is 5.66. The molecule has 0 saturated carbocycles. The van der Waals surface area contributed by atoms with Crippen molar-refractivity contribution in [2.75, 3.05) is 10.6 Å². The van der Waals surface area contributed by atoms with Crippen LogP contribution in [-0.4, -0.2) is 39.1 Å². The number of benzene rings is 3. The summed E-state index contributed by atoms with van der Waals surface area (Å²) in [5, 5.41) is 23.9. The Morgan fingerprint density at radius 1 is 0.649 bits per heavy atom. The van der Waals surface area contributed by atoms with Crippen LogP contribution in [0.15, 0.2) is 64.4 Å². The van der Waals surface area contributed by atoms with Crippen molar-refractivity contribution in [1.82, 2.24) is 9.44 Å². The third-order valence-electron chi connectivity index (χ3n) is 5.21. The predicted octanol–water partition coefficient (Wildman–Crippen LogP) is 3.04. The van der Waals surface area contributed by atoms with Crippen LogP contribution in [0.5, 0.6) is 11.5 Å². The van der Waals surface area contributed by atoms with Crippen LogP contribution in [0, 0.1) is 20.8 Å². The van der Waals surface area contributed by atoms with Gasteiger partial charge in [0.1, 0.15) is 11.5 Å². The van der Waals surface area contributed by atoms with Gasteiger partial charge in [-0.05, 0) is 61.7 Å². The molecule has 3 aromatic carbocycles. The lowest BCUT2D eigenvalue weighted by molar-refractivity contribution is 0.255. The summed E-state index contributed by atoms with van der Waals surface area (Å²) < 4.78 is 54.0. The Labute approximate surface area is 213 Å². The molecule has 0 aliphatic carbocycles. The summed E-state index contributed by atoms with van der Waals surface area (Å²) in [6.45, 7) is 4.50. The average molecular weight is 549 g/mol. The quantitative estimate of drug-likeness (QED) is 0.271. The number of sulfonamides is 2. The number of carbonyl (C=O) groups is 2. The van der Waals surface area contributed by atoms with Gasteiger partial charge in [-0.1, -0.05) is 18.2 Å². The summed E-state index contributed by atoms with van der Waals surface area (Å²) in [5.74, 6) is -0.582. The molecule has 6 N–H and O–H groups in total. The van der Waals surface area contributed by atoms with Crippen LogP contribution in [0.3, 0.4) is 0 Å². The van der Waals surface area contributed by atoms with Gasteiger partial charge in [0.15, 0.2) is 0 Å². The smallest absolute Gasteiger partial charge is 0.333 e. The van der Waals surface area contributed by atoms with Gasteiger partial charge < -0.3 is 20.8 Å². The number of aryl methyl sites for hydroxylation is 2. The van der Waals surface area contributed by atoms with Gasteiger partial charge >= 0.3 is 12.1 Å². The molecular formula is C23H24N4O8S2. The van der Waals surface area contributed by atoms with Crippen molar-refractivity contribution in [3.8, 4) is 11.5 Å². The Bertz CT molecular complexity index is 1490. The number of amides is 4. The SMILES string of the molecule is Cc1ccc(O)cc1S(=O)(=O)NC(=O)Nc1cccc(NC(=O)NS(=O)(=O)c2cc(O)ccc2C)c1C. The van der Waals surface area contributed by atoms with Gasteiger partial charge in [-0.25, -0.2) is 35.9 Å². The van der Waals surface area contributed by atoms with Crippen LogP contribution in [-0.2, 0) is 20.0 Å². The molecule has 37 heavy (non-hydrogen) atoms. The Kier molecular flexibility index (Phi) is 7.64. The molecule has 0 aromatic heterocycles. The number of hydrogen-bond acceptors (Lipinski definition) is 8. The Morgan fingerprint density at radius 2 is 1.03 bits per heavy atom. The molecule has 0 atom stereocenters. The summed E-state index contributed by atoms with van der Waals surface area (Å²) in [6, 6.07) is 9.52. The van der Waals surface area contributed by atoms with Gasteiger partial charge in [0.25, 0.3) is 20.0 Å². The van der Waals surface area contributed by atoms with Gasteiger partial charge in [-0.15, -0.1) is 0 Å². The zero-order valence-corrected chi connectivity index (χ0v) is 21.5. The van der Waals surface area contributed by atoms with Gasteiger partial charge in [0, 0.05) is 23.5 Å². The third-order valence-corrected chi connectivity index (χ3v) is 8.15. The van der Waals surface area contributed by atoms with Crippen molar-refractivity contribution in [3.63, 3.8) is 0 Å². The highest BCUT2D eigenvalue weighted by molar-refractivity contribution is 7.90. The maximum atomic E-state index is 12.6.